The molecule has 3 saturated heterocycles. The Kier molecular flexibility index (Phi) is 4.29. The van der Waals surface area contributed by atoms with Gasteiger partial charge in [0.05, 0.1) is 5.56 Å². The van der Waals surface area contributed by atoms with E-state index in [2.05, 4.69) is 18.7 Å². The van der Waals surface area contributed by atoms with E-state index in [0.717, 1.165) is 44.4 Å². The minimum Gasteiger partial charge on any atom is -0.330 e. The van der Waals surface area contributed by atoms with Crippen LogP contribution in [0.4, 0.5) is 13.2 Å². The minimum absolute atomic E-state index is 0.104. The van der Waals surface area contributed by atoms with Crippen molar-refractivity contribution in [3.63, 3.8) is 0 Å². The van der Waals surface area contributed by atoms with Crippen LogP contribution < -0.4 is 0 Å². The van der Waals surface area contributed by atoms with Crippen LogP contribution in [0.25, 0.3) is 0 Å². The van der Waals surface area contributed by atoms with Crippen LogP contribution in [0.5, 0.6) is 0 Å². The summed E-state index contributed by atoms with van der Waals surface area (Å²) in [5, 5.41) is 0. The smallest absolute Gasteiger partial charge is 0.330 e. The molecule has 0 aliphatic carbocycles. The molecule has 1 amide bonds. The Morgan fingerprint density at radius 1 is 1.00 bits per heavy atom. The second-order valence-corrected chi connectivity index (χ2v) is 8.30. The SMILES string of the molecule is CC(C)CN1C2CCC1C1CCC2N1C(=O)c1ccc(C(F)(F)F)cc1. The second kappa shape index (κ2) is 6.25. The number of halogens is 3. The molecule has 4 atom stereocenters. The van der Waals surface area contributed by atoms with Crippen LogP contribution in [-0.4, -0.2) is 46.4 Å². The van der Waals surface area contributed by atoms with Gasteiger partial charge in [0, 0.05) is 36.3 Å². The molecule has 4 unspecified atom stereocenters. The molecule has 3 heterocycles. The van der Waals surface area contributed by atoms with Gasteiger partial charge < -0.3 is 4.90 Å². The standard InChI is InChI=1S/C20H25F3N2O/c1-12(2)11-24-15-7-8-16(24)18-10-9-17(15)25(18)19(26)13-3-5-14(6-4-13)20(21,22)23/h3-6,12,15-18H,7-11H2,1-2H3. The van der Waals surface area contributed by atoms with Crippen molar-refractivity contribution in [2.24, 2.45) is 5.92 Å². The molecule has 1 aromatic carbocycles. The topological polar surface area (TPSA) is 23.6 Å². The molecule has 0 aromatic heterocycles. The van der Waals surface area contributed by atoms with E-state index in [4.69, 9.17) is 0 Å². The maximum Gasteiger partial charge on any atom is 0.416 e. The van der Waals surface area contributed by atoms with Crippen molar-refractivity contribution >= 4 is 5.91 Å². The number of piperazine rings is 1. The Morgan fingerprint density at radius 2 is 1.50 bits per heavy atom. The minimum atomic E-state index is -4.37. The maximum absolute atomic E-state index is 13.1. The zero-order valence-corrected chi connectivity index (χ0v) is 15.2. The highest BCUT2D eigenvalue weighted by atomic mass is 19.4. The maximum atomic E-state index is 13.1. The Hall–Kier alpha value is -1.56. The lowest BCUT2D eigenvalue weighted by atomic mass is 10.0. The summed E-state index contributed by atoms with van der Waals surface area (Å²) in [5.41, 5.74) is -0.342. The van der Waals surface area contributed by atoms with Crippen molar-refractivity contribution in [2.75, 3.05) is 6.54 Å². The van der Waals surface area contributed by atoms with Gasteiger partial charge in [-0.3, -0.25) is 9.69 Å². The number of amides is 1. The van der Waals surface area contributed by atoms with Gasteiger partial charge in [-0.2, -0.15) is 13.2 Å². The van der Waals surface area contributed by atoms with E-state index in [0.29, 0.717) is 23.6 Å². The van der Waals surface area contributed by atoms with E-state index in [1.165, 1.54) is 12.1 Å². The summed E-state index contributed by atoms with van der Waals surface area (Å²) >= 11 is 0. The number of carbonyl (C=O) groups is 1. The molecule has 0 saturated carbocycles. The summed E-state index contributed by atoms with van der Waals surface area (Å²) < 4.78 is 38.3. The number of alkyl halides is 3. The van der Waals surface area contributed by atoms with Gasteiger partial charge in [-0.25, -0.2) is 0 Å². The van der Waals surface area contributed by atoms with E-state index in [-0.39, 0.29) is 18.0 Å². The third-order valence-corrected chi connectivity index (χ3v) is 6.24. The molecule has 0 N–H and O–H groups in total. The summed E-state index contributed by atoms with van der Waals surface area (Å²) in [6.45, 7) is 5.51. The summed E-state index contributed by atoms with van der Waals surface area (Å²) in [6, 6.07) is 5.89. The van der Waals surface area contributed by atoms with Crippen LogP contribution in [-0.2, 0) is 6.18 Å². The molecule has 1 aromatic rings. The number of hydrogen-bond acceptors (Lipinski definition) is 2. The predicted molar refractivity (Wildman–Crippen MR) is 92.8 cm³/mol. The molecule has 142 valence electrons. The Balaban J connectivity index is 1.57. The molecule has 6 heteroatoms. The fraction of sp³-hybridized carbons (Fsp3) is 0.650. The first-order chi connectivity index (χ1) is 12.3. The number of fused-ring (bicyclic) bond motifs is 6. The monoisotopic (exact) mass is 366 g/mol. The lowest BCUT2D eigenvalue weighted by Gasteiger charge is -2.47. The first kappa shape index (κ1) is 17.8. The van der Waals surface area contributed by atoms with E-state index in [9.17, 15) is 18.0 Å². The molecule has 3 aliphatic heterocycles. The molecule has 3 nitrogen and oxygen atoms in total. The average molecular weight is 366 g/mol. The van der Waals surface area contributed by atoms with Crippen molar-refractivity contribution in [2.45, 2.75) is 69.9 Å². The van der Waals surface area contributed by atoms with Crippen molar-refractivity contribution in [3.05, 3.63) is 35.4 Å². The summed E-state index contributed by atoms with van der Waals surface area (Å²) in [4.78, 5) is 17.7. The number of nitrogens with zero attached hydrogens (tertiary/aromatic N) is 2. The van der Waals surface area contributed by atoms with Gasteiger partial charge in [0.25, 0.3) is 5.91 Å². The molecular formula is C20H25F3N2O. The van der Waals surface area contributed by atoms with E-state index in [1.807, 2.05) is 4.90 Å². The van der Waals surface area contributed by atoms with E-state index >= 15 is 0 Å². The zero-order chi connectivity index (χ0) is 18.6. The highest BCUT2D eigenvalue weighted by Gasteiger charge is 2.56. The molecule has 4 rings (SSSR count). The van der Waals surface area contributed by atoms with Crippen LogP contribution in [0.3, 0.4) is 0 Å². The zero-order valence-electron chi connectivity index (χ0n) is 15.2. The summed E-state index contributed by atoms with van der Waals surface area (Å²) in [6.07, 6.45) is -0.119. The number of carbonyl (C=O) groups excluding carboxylic acids is 1. The normalized spacial score (nSPS) is 31.1. The van der Waals surface area contributed by atoms with Crippen LogP contribution in [0.15, 0.2) is 24.3 Å². The Bertz CT molecular complexity index is 665. The van der Waals surface area contributed by atoms with Gasteiger partial charge in [0.1, 0.15) is 0 Å². The van der Waals surface area contributed by atoms with Crippen molar-refractivity contribution in [3.8, 4) is 0 Å². The number of rotatable bonds is 3. The predicted octanol–water partition coefficient (Wildman–Crippen LogP) is 4.18. The van der Waals surface area contributed by atoms with Gasteiger partial charge in [-0.1, -0.05) is 13.8 Å². The molecule has 0 spiro atoms. The summed E-state index contributed by atoms with van der Waals surface area (Å²) in [7, 11) is 0. The van der Waals surface area contributed by atoms with Crippen molar-refractivity contribution in [1.29, 1.82) is 0 Å². The van der Waals surface area contributed by atoms with Crippen molar-refractivity contribution < 1.29 is 18.0 Å². The van der Waals surface area contributed by atoms with Gasteiger partial charge in [0.15, 0.2) is 0 Å². The van der Waals surface area contributed by atoms with E-state index < -0.39 is 11.7 Å². The molecule has 26 heavy (non-hydrogen) atoms. The molecule has 3 aliphatic rings. The van der Waals surface area contributed by atoms with Crippen LogP contribution in [0.1, 0.15) is 55.5 Å². The summed E-state index contributed by atoms with van der Waals surface area (Å²) in [5.74, 6) is 0.488. The molecule has 0 radical (unpaired) electrons. The highest BCUT2D eigenvalue weighted by molar-refractivity contribution is 5.95. The fourth-order valence-corrected chi connectivity index (χ4v) is 5.31. The Morgan fingerprint density at radius 3 is 1.96 bits per heavy atom. The lowest BCUT2D eigenvalue weighted by molar-refractivity contribution is -0.137. The quantitative estimate of drug-likeness (QED) is 0.801. The lowest BCUT2D eigenvalue weighted by Crippen LogP contribution is -2.62. The van der Waals surface area contributed by atoms with Gasteiger partial charge >= 0.3 is 6.18 Å². The molecule has 3 fully saturated rings. The second-order valence-electron chi connectivity index (χ2n) is 8.30. The largest absolute Gasteiger partial charge is 0.416 e. The van der Waals surface area contributed by atoms with Gasteiger partial charge in [-0.05, 0) is 55.9 Å². The van der Waals surface area contributed by atoms with Crippen molar-refractivity contribution in [1.82, 2.24) is 9.80 Å². The highest BCUT2D eigenvalue weighted by Crippen LogP contribution is 2.46. The van der Waals surface area contributed by atoms with E-state index in [1.54, 1.807) is 0 Å². The van der Waals surface area contributed by atoms with Crippen LogP contribution in [0, 0.1) is 5.92 Å². The number of benzene rings is 1. The average Bonchev–Trinajstić information content (AvgIpc) is 3.07. The first-order valence-electron chi connectivity index (χ1n) is 9.53. The van der Waals surface area contributed by atoms with Gasteiger partial charge in [-0.15, -0.1) is 0 Å². The van der Waals surface area contributed by atoms with Crippen LogP contribution in [0.2, 0.25) is 0 Å². The third-order valence-electron chi connectivity index (χ3n) is 6.24. The number of hydrogen-bond donors (Lipinski definition) is 0. The first-order valence-corrected chi connectivity index (χ1v) is 9.53. The van der Waals surface area contributed by atoms with Crippen LogP contribution >= 0.6 is 0 Å². The third kappa shape index (κ3) is 2.82. The van der Waals surface area contributed by atoms with Gasteiger partial charge in [0.2, 0.25) is 0 Å². The fourth-order valence-electron chi connectivity index (χ4n) is 5.31. The molecular weight excluding hydrogens is 341 g/mol. The Labute approximate surface area is 152 Å². The molecule has 4 bridgehead atoms.